The van der Waals surface area contributed by atoms with Crippen molar-refractivity contribution in [2.45, 2.75) is 19.4 Å². The van der Waals surface area contributed by atoms with Gasteiger partial charge in [-0.2, -0.15) is 0 Å². The topological polar surface area (TPSA) is 64.3 Å². The highest BCUT2D eigenvalue weighted by atomic mass is 16.5. The molecular formula is C17H20N2O2. The van der Waals surface area contributed by atoms with Crippen molar-refractivity contribution in [1.82, 2.24) is 5.32 Å². The van der Waals surface area contributed by atoms with E-state index in [-0.39, 0.29) is 11.9 Å². The maximum absolute atomic E-state index is 12.1. The molecule has 1 unspecified atom stereocenters. The Balaban J connectivity index is 1.97. The Morgan fingerprint density at radius 2 is 2.00 bits per heavy atom. The van der Waals surface area contributed by atoms with Crippen molar-refractivity contribution in [3.05, 3.63) is 59.7 Å². The molecule has 110 valence electrons. The van der Waals surface area contributed by atoms with Gasteiger partial charge in [-0.15, -0.1) is 0 Å². The summed E-state index contributed by atoms with van der Waals surface area (Å²) in [5.74, 6) is 0.724. The second-order valence-electron chi connectivity index (χ2n) is 4.99. The van der Waals surface area contributed by atoms with E-state index < -0.39 is 0 Å². The molecule has 21 heavy (non-hydrogen) atoms. The normalized spacial score (nSPS) is 11.7. The van der Waals surface area contributed by atoms with Crippen molar-refractivity contribution in [2.24, 2.45) is 0 Å². The molecule has 1 atom stereocenters. The van der Waals surface area contributed by atoms with Crippen molar-refractivity contribution >= 4 is 11.6 Å². The molecule has 0 radical (unpaired) electrons. The van der Waals surface area contributed by atoms with Crippen LogP contribution in [0.25, 0.3) is 0 Å². The van der Waals surface area contributed by atoms with Gasteiger partial charge in [-0.1, -0.05) is 24.3 Å². The number of anilines is 1. The van der Waals surface area contributed by atoms with E-state index in [9.17, 15) is 4.79 Å². The van der Waals surface area contributed by atoms with Crippen LogP contribution in [0.1, 0.15) is 24.1 Å². The zero-order chi connectivity index (χ0) is 15.2. The predicted molar refractivity (Wildman–Crippen MR) is 84.1 cm³/mol. The second kappa shape index (κ2) is 6.79. The van der Waals surface area contributed by atoms with E-state index in [1.807, 2.05) is 55.5 Å². The molecule has 0 fully saturated rings. The summed E-state index contributed by atoms with van der Waals surface area (Å²) in [6.07, 6.45) is 0.323. The van der Waals surface area contributed by atoms with Gasteiger partial charge < -0.3 is 15.8 Å². The van der Waals surface area contributed by atoms with E-state index in [1.54, 1.807) is 7.11 Å². The predicted octanol–water partition coefficient (Wildman–Crippen LogP) is 2.70. The molecule has 0 spiro atoms. The van der Waals surface area contributed by atoms with Gasteiger partial charge in [-0.3, -0.25) is 4.79 Å². The summed E-state index contributed by atoms with van der Waals surface area (Å²) in [5.41, 5.74) is 8.37. The fourth-order valence-corrected chi connectivity index (χ4v) is 2.17. The van der Waals surface area contributed by atoms with E-state index in [1.165, 1.54) is 0 Å². The van der Waals surface area contributed by atoms with Crippen LogP contribution in [0.5, 0.6) is 5.75 Å². The Morgan fingerprint density at radius 1 is 1.24 bits per heavy atom. The van der Waals surface area contributed by atoms with Gasteiger partial charge in [-0.25, -0.2) is 0 Å². The van der Waals surface area contributed by atoms with Crippen LogP contribution in [0.2, 0.25) is 0 Å². The van der Waals surface area contributed by atoms with Crippen LogP contribution in [-0.2, 0) is 11.2 Å². The molecule has 0 aliphatic heterocycles. The first kappa shape index (κ1) is 14.9. The molecule has 0 aliphatic rings. The lowest BCUT2D eigenvalue weighted by molar-refractivity contribution is -0.121. The van der Waals surface area contributed by atoms with Gasteiger partial charge in [0.1, 0.15) is 5.75 Å². The molecule has 0 aliphatic carbocycles. The molecule has 0 saturated carbocycles. The Bertz CT molecular complexity index is 626. The van der Waals surface area contributed by atoms with E-state index in [2.05, 4.69) is 5.32 Å². The van der Waals surface area contributed by atoms with Gasteiger partial charge in [0.25, 0.3) is 0 Å². The molecule has 2 rings (SSSR count). The van der Waals surface area contributed by atoms with Crippen LogP contribution < -0.4 is 15.8 Å². The van der Waals surface area contributed by atoms with Gasteiger partial charge in [0.2, 0.25) is 5.91 Å². The Kier molecular flexibility index (Phi) is 4.82. The van der Waals surface area contributed by atoms with Crippen LogP contribution in [0, 0.1) is 0 Å². The molecule has 3 N–H and O–H groups in total. The summed E-state index contributed by atoms with van der Waals surface area (Å²) >= 11 is 0. The first-order valence-corrected chi connectivity index (χ1v) is 6.86. The Hall–Kier alpha value is -2.49. The van der Waals surface area contributed by atoms with Gasteiger partial charge in [0, 0.05) is 5.69 Å². The molecule has 1 amide bonds. The fraction of sp³-hybridized carbons (Fsp3) is 0.235. The Morgan fingerprint density at radius 3 is 2.71 bits per heavy atom. The second-order valence-corrected chi connectivity index (χ2v) is 4.99. The number of nitrogen functional groups attached to an aromatic ring is 1. The van der Waals surface area contributed by atoms with Crippen LogP contribution in [0.15, 0.2) is 48.5 Å². The smallest absolute Gasteiger partial charge is 0.224 e. The number of nitrogens with one attached hydrogen (secondary N) is 1. The van der Waals surface area contributed by atoms with Gasteiger partial charge in [-0.05, 0) is 42.3 Å². The number of ether oxygens (including phenoxy) is 1. The van der Waals surface area contributed by atoms with Crippen LogP contribution in [0.3, 0.4) is 0 Å². The molecule has 0 aromatic heterocycles. The molecule has 2 aromatic carbocycles. The highest BCUT2D eigenvalue weighted by Crippen LogP contribution is 2.16. The molecule has 0 bridgehead atoms. The van der Waals surface area contributed by atoms with E-state index in [0.29, 0.717) is 12.1 Å². The summed E-state index contributed by atoms with van der Waals surface area (Å²) in [7, 11) is 1.61. The third kappa shape index (κ3) is 4.24. The molecule has 0 saturated heterocycles. The number of rotatable bonds is 5. The summed E-state index contributed by atoms with van der Waals surface area (Å²) in [5, 5.41) is 2.97. The van der Waals surface area contributed by atoms with Crippen molar-refractivity contribution in [2.75, 3.05) is 12.8 Å². The average molecular weight is 284 g/mol. The van der Waals surface area contributed by atoms with E-state index in [4.69, 9.17) is 10.5 Å². The highest BCUT2D eigenvalue weighted by Gasteiger charge is 2.10. The molecule has 0 heterocycles. The minimum Gasteiger partial charge on any atom is -0.497 e. The zero-order valence-electron chi connectivity index (χ0n) is 12.3. The van der Waals surface area contributed by atoms with Gasteiger partial charge in [0.15, 0.2) is 0 Å². The fourth-order valence-electron chi connectivity index (χ4n) is 2.17. The monoisotopic (exact) mass is 284 g/mol. The first-order valence-electron chi connectivity index (χ1n) is 6.86. The maximum atomic E-state index is 12.1. The number of carbonyl (C=O) groups excluding carboxylic acids is 1. The summed E-state index contributed by atoms with van der Waals surface area (Å²) in [4.78, 5) is 12.1. The molecular weight excluding hydrogens is 264 g/mol. The minimum absolute atomic E-state index is 0.0295. The highest BCUT2D eigenvalue weighted by molar-refractivity contribution is 5.79. The third-order valence-electron chi connectivity index (χ3n) is 3.29. The number of amides is 1. The number of hydrogen-bond acceptors (Lipinski definition) is 3. The SMILES string of the molecule is COc1cccc(CC(=O)NC(C)c2cccc(N)c2)c1. The summed E-state index contributed by atoms with van der Waals surface area (Å²) < 4.78 is 5.15. The molecule has 4 heteroatoms. The zero-order valence-corrected chi connectivity index (χ0v) is 12.3. The third-order valence-corrected chi connectivity index (χ3v) is 3.29. The summed E-state index contributed by atoms with van der Waals surface area (Å²) in [6.45, 7) is 1.94. The van der Waals surface area contributed by atoms with Gasteiger partial charge in [0.05, 0.1) is 19.6 Å². The number of benzene rings is 2. The van der Waals surface area contributed by atoms with Crippen molar-refractivity contribution in [3.63, 3.8) is 0 Å². The van der Waals surface area contributed by atoms with Crippen molar-refractivity contribution in [3.8, 4) is 5.75 Å². The number of methoxy groups -OCH3 is 1. The number of carbonyl (C=O) groups is 1. The number of nitrogens with two attached hydrogens (primary N) is 1. The van der Waals surface area contributed by atoms with Crippen molar-refractivity contribution in [1.29, 1.82) is 0 Å². The lowest BCUT2D eigenvalue weighted by atomic mass is 10.1. The average Bonchev–Trinajstić information content (AvgIpc) is 2.47. The lowest BCUT2D eigenvalue weighted by Gasteiger charge is -2.15. The largest absolute Gasteiger partial charge is 0.497 e. The Labute approximate surface area is 124 Å². The van der Waals surface area contributed by atoms with Crippen LogP contribution in [-0.4, -0.2) is 13.0 Å². The lowest BCUT2D eigenvalue weighted by Crippen LogP contribution is -2.28. The molecule has 2 aromatic rings. The van der Waals surface area contributed by atoms with E-state index in [0.717, 1.165) is 16.9 Å². The quantitative estimate of drug-likeness (QED) is 0.830. The summed E-state index contributed by atoms with van der Waals surface area (Å²) in [6, 6.07) is 15.0. The standard InChI is InChI=1S/C17H20N2O2/c1-12(14-6-4-7-15(18)11-14)19-17(20)10-13-5-3-8-16(9-13)21-2/h3-9,11-12H,10,18H2,1-2H3,(H,19,20). The van der Waals surface area contributed by atoms with Crippen molar-refractivity contribution < 1.29 is 9.53 Å². The van der Waals surface area contributed by atoms with Crippen LogP contribution >= 0.6 is 0 Å². The van der Waals surface area contributed by atoms with Crippen LogP contribution in [0.4, 0.5) is 5.69 Å². The van der Waals surface area contributed by atoms with E-state index >= 15 is 0 Å². The van der Waals surface area contributed by atoms with Gasteiger partial charge >= 0.3 is 0 Å². The maximum Gasteiger partial charge on any atom is 0.224 e. The first-order chi connectivity index (χ1) is 10.1. The molecule has 4 nitrogen and oxygen atoms in total. The minimum atomic E-state index is -0.0772. The number of hydrogen-bond donors (Lipinski definition) is 2.